The molecule has 0 spiro atoms. The first kappa shape index (κ1) is 12.3. The Morgan fingerprint density at radius 1 is 1.19 bits per heavy atom. The number of nitrogen functional groups attached to an aromatic ring is 2. The highest BCUT2D eigenvalue weighted by Crippen LogP contribution is 2.28. The minimum absolute atomic E-state index is 0.0172. The molecule has 0 saturated heterocycles. The fourth-order valence-corrected chi connectivity index (χ4v) is 0.972. The van der Waals surface area contributed by atoms with Crippen LogP contribution in [0.15, 0.2) is 0 Å². The molecule has 0 unspecified atom stereocenters. The molecule has 0 aliphatic carbocycles. The van der Waals surface area contributed by atoms with Gasteiger partial charge in [0.15, 0.2) is 12.5 Å². The van der Waals surface area contributed by atoms with E-state index in [-0.39, 0.29) is 23.4 Å². The largest absolute Gasteiger partial charge is 0.476 e. The Hall–Kier alpha value is -1.76. The standard InChI is InChI=1S/C9H16N4O3/c1-5(2)3-15-7-6(10)8(16-4-14)13-9(11)12-7/h5,14H,3-4,10H2,1-2H3,(H2,11,12,13). The Morgan fingerprint density at radius 3 is 2.25 bits per heavy atom. The Labute approximate surface area is 93.4 Å². The second kappa shape index (κ2) is 5.36. The van der Waals surface area contributed by atoms with Crippen molar-refractivity contribution in [3.05, 3.63) is 0 Å². The van der Waals surface area contributed by atoms with Gasteiger partial charge in [-0.1, -0.05) is 13.8 Å². The summed E-state index contributed by atoms with van der Waals surface area (Å²) < 4.78 is 10.1. The molecule has 5 N–H and O–H groups in total. The fourth-order valence-electron chi connectivity index (χ4n) is 0.972. The summed E-state index contributed by atoms with van der Waals surface area (Å²) in [6.45, 7) is 3.90. The van der Waals surface area contributed by atoms with E-state index in [1.807, 2.05) is 13.8 Å². The Bertz CT molecular complexity index is 357. The number of hydrogen-bond acceptors (Lipinski definition) is 7. The highest BCUT2D eigenvalue weighted by atomic mass is 16.6. The Morgan fingerprint density at radius 2 is 1.75 bits per heavy atom. The van der Waals surface area contributed by atoms with E-state index in [0.29, 0.717) is 12.5 Å². The predicted molar refractivity (Wildman–Crippen MR) is 58.9 cm³/mol. The molecule has 0 fully saturated rings. The van der Waals surface area contributed by atoms with Crippen molar-refractivity contribution in [3.8, 4) is 11.8 Å². The molecule has 7 heteroatoms. The number of nitrogens with two attached hydrogens (primary N) is 2. The summed E-state index contributed by atoms with van der Waals surface area (Å²) in [4.78, 5) is 7.58. The number of rotatable bonds is 5. The summed E-state index contributed by atoms with van der Waals surface area (Å²) in [5.41, 5.74) is 11.3. The molecule has 0 aromatic carbocycles. The molecule has 0 amide bonds. The van der Waals surface area contributed by atoms with E-state index in [9.17, 15) is 0 Å². The van der Waals surface area contributed by atoms with Gasteiger partial charge in [-0.15, -0.1) is 0 Å². The van der Waals surface area contributed by atoms with Crippen molar-refractivity contribution in [2.75, 3.05) is 24.9 Å². The molecule has 1 aromatic heterocycles. The summed E-state index contributed by atoms with van der Waals surface area (Å²) in [6, 6.07) is 0. The molecule has 0 atom stereocenters. The third-order valence-electron chi connectivity index (χ3n) is 1.65. The van der Waals surface area contributed by atoms with Crippen LogP contribution in [0.5, 0.6) is 11.8 Å². The molecular weight excluding hydrogens is 212 g/mol. The smallest absolute Gasteiger partial charge is 0.248 e. The summed E-state index contributed by atoms with van der Waals surface area (Å²) in [5.74, 6) is 0.507. The molecule has 0 radical (unpaired) electrons. The zero-order chi connectivity index (χ0) is 12.1. The van der Waals surface area contributed by atoms with Crippen LogP contribution in [0, 0.1) is 5.92 Å². The number of aromatic nitrogens is 2. The lowest BCUT2D eigenvalue weighted by molar-refractivity contribution is 0.0945. The fraction of sp³-hybridized carbons (Fsp3) is 0.556. The van der Waals surface area contributed by atoms with Gasteiger partial charge >= 0.3 is 0 Å². The van der Waals surface area contributed by atoms with Crippen molar-refractivity contribution in [2.45, 2.75) is 13.8 Å². The maximum Gasteiger partial charge on any atom is 0.248 e. The van der Waals surface area contributed by atoms with Crippen LogP contribution in [-0.2, 0) is 0 Å². The van der Waals surface area contributed by atoms with E-state index in [4.69, 9.17) is 26.0 Å². The van der Waals surface area contributed by atoms with Gasteiger partial charge in [0.25, 0.3) is 0 Å². The average molecular weight is 228 g/mol. The molecule has 0 aliphatic rings. The van der Waals surface area contributed by atoms with Crippen LogP contribution < -0.4 is 20.9 Å². The summed E-state index contributed by atoms with van der Waals surface area (Å²) >= 11 is 0. The number of nitrogens with zero attached hydrogens (tertiary/aromatic N) is 2. The number of hydrogen-bond donors (Lipinski definition) is 3. The van der Waals surface area contributed by atoms with Gasteiger partial charge in [0, 0.05) is 0 Å². The lowest BCUT2D eigenvalue weighted by Crippen LogP contribution is -2.11. The lowest BCUT2D eigenvalue weighted by Gasteiger charge is -2.12. The first-order valence-corrected chi connectivity index (χ1v) is 4.84. The van der Waals surface area contributed by atoms with E-state index < -0.39 is 6.79 Å². The monoisotopic (exact) mass is 228 g/mol. The number of ether oxygens (including phenoxy) is 2. The Kier molecular flexibility index (Phi) is 4.12. The van der Waals surface area contributed by atoms with E-state index in [1.165, 1.54) is 0 Å². The first-order valence-electron chi connectivity index (χ1n) is 4.84. The highest BCUT2D eigenvalue weighted by molar-refractivity contribution is 5.58. The zero-order valence-electron chi connectivity index (χ0n) is 9.30. The van der Waals surface area contributed by atoms with Gasteiger partial charge in [-0.2, -0.15) is 9.97 Å². The quantitative estimate of drug-likeness (QED) is 0.607. The van der Waals surface area contributed by atoms with Crippen LogP contribution in [-0.4, -0.2) is 28.5 Å². The van der Waals surface area contributed by atoms with Gasteiger partial charge in [0.2, 0.25) is 17.7 Å². The van der Waals surface area contributed by atoms with Gasteiger partial charge in [-0.25, -0.2) is 0 Å². The van der Waals surface area contributed by atoms with Gasteiger partial charge in [-0.05, 0) is 5.92 Å². The minimum atomic E-state index is -0.537. The van der Waals surface area contributed by atoms with Crippen molar-refractivity contribution in [2.24, 2.45) is 5.92 Å². The van der Waals surface area contributed by atoms with Crippen molar-refractivity contribution in [1.29, 1.82) is 0 Å². The van der Waals surface area contributed by atoms with Crippen LogP contribution in [0.4, 0.5) is 11.6 Å². The zero-order valence-corrected chi connectivity index (χ0v) is 9.30. The second-order valence-corrected chi connectivity index (χ2v) is 3.58. The molecular formula is C9H16N4O3. The molecule has 1 aromatic rings. The second-order valence-electron chi connectivity index (χ2n) is 3.58. The molecule has 1 heterocycles. The molecule has 90 valence electrons. The van der Waals surface area contributed by atoms with E-state index >= 15 is 0 Å². The molecule has 16 heavy (non-hydrogen) atoms. The summed E-state index contributed by atoms with van der Waals surface area (Å²) in [7, 11) is 0. The number of anilines is 2. The first-order chi connectivity index (χ1) is 7.54. The molecule has 7 nitrogen and oxygen atoms in total. The SMILES string of the molecule is CC(C)COc1nc(N)nc(OCO)c1N. The van der Waals surface area contributed by atoms with Gasteiger partial charge in [0.05, 0.1) is 6.61 Å². The minimum Gasteiger partial charge on any atom is -0.476 e. The van der Waals surface area contributed by atoms with Gasteiger partial charge in [0.1, 0.15) is 0 Å². The normalized spacial score (nSPS) is 10.5. The third kappa shape index (κ3) is 3.13. The summed E-state index contributed by atoms with van der Waals surface area (Å²) in [5, 5.41) is 8.62. The average Bonchev–Trinajstić information content (AvgIpc) is 2.21. The third-order valence-corrected chi connectivity index (χ3v) is 1.65. The van der Waals surface area contributed by atoms with Crippen LogP contribution in [0.3, 0.4) is 0 Å². The van der Waals surface area contributed by atoms with Crippen molar-refractivity contribution < 1.29 is 14.6 Å². The maximum absolute atomic E-state index is 8.62. The summed E-state index contributed by atoms with van der Waals surface area (Å²) in [6.07, 6.45) is 0. The molecule has 1 rings (SSSR count). The predicted octanol–water partition coefficient (Wildman–Crippen LogP) is 0.00440. The van der Waals surface area contributed by atoms with E-state index in [1.54, 1.807) is 0 Å². The van der Waals surface area contributed by atoms with Crippen LogP contribution in [0.1, 0.15) is 13.8 Å². The highest BCUT2D eigenvalue weighted by Gasteiger charge is 2.13. The van der Waals surface area contributed by atoms with Gasteiger partial charge < -0.3 is 26.0 Å². The lowest BCUT2D eigenvalue weighted by atomic mass is 10.2. The topological polar surface area (TPSA) is 117 Å². The maximum atomic E-state index is 8.62. The van der Waals surface area contributed by atoms with Crippen molar-refractivity contribution in [1.82, 2.24) is 9.97 Å². The number of aliphatic hydroxyl groups excluding tert-OH is 1. The van der Waals surface area contributed by atoms with Crippen LogP contribution >= 0.6 is 0 Å². The molecule has 0 saturated carbocycles. The van der Waals surface area contributed by atoms with E-state index in [2.05, 4.69) is 9.97 Å². The van der Waals surface area contributed by atoms with Crippen LogP contribution in [0.2, 0.25) is 0 Å². The van der Waals surface area contributed by atoms with E-state index in [0.717, 1.165) is 0 Å². The Balaban J connectivity index is 2.90. The van der Waals surface area contributed by atoms with Crippen molar-refractivity contribution >= 4 is 11.6 Å². The van der Waals surface area contributed by atoms with Crippen LogP contribution in [0.25, 0.3) is 0 Å². The molecule has 0 bridgehead atoms. The van der Waals surface area contributed by atoms with Crippen molar-refractivity contribution in [3.63, 3.8) is 0 Å². The number of aliphatic hydroxyl groups is 1. The van der Waals surface area contributed by atoms with Gasteiger partial charge in [-0.3, -0.25) is 0 Å². The molecule has 0 aliphatic heterocycles.